The third kappa shape index (κ3) is 7.13. The SMILES string of the molecule is Cc1ccc(-c2ccccc2)cc1N1C2=C[C@H]3C(N(c4cc(C5=CC=CCC5)ccc4C)c4cc(-c5ccccc5)ccc4Cc4ccc(C5C=CC=CC5)cc41)C31C=Cc3cc(C(C)(C)C)cc4ccc2c1c34. The first-order valence-corrected chi connectivity index (χ1v) is 27.0. The largest absolute Gasteiger partial charge is 0.336 e. The summed E-state index contributed by atoms with van der Waals surface area (Å²) in [5.41, 5.74) is 25.7. The first-order valence-electron chi connectivity index (χ1n) is 27.0. The van der Waals surface area contributed by atoms with Crippen LogP contribution in [0.4, 0.5) is 22.7 Å². The minimum absolute atomic E-state index is 0.00217. The van der Waals surface area contributed by atoms with Crippen molar-refractivity contribution in [1.29, 1.82) is 0 Å². The number of hydrogen-bond acceptors (Lipinski definition) is 2. The van der Waals surface area contributed by atoms with E-state index in [0.717, 1.165) is 25.7 Å². The molecule has 0 amide bonds. The van der Waals surface area contributed by atoms with Gasteiger partial charge in [0.25, 0.3) is 0 Å². The lowest BCUT2D eigenvalue weighted by atomic mass is 9.74. The van der Waals surface area contributed by atoms with E-state index in [-0.39, 0.29) is 28.7 Å². The summed E-state index contributed by atoms with van der Waals surface area (Å²) in [5, 5.41) is 2.73. The van der Waals surface area contributed by atoms with Gasteiger partial charge in [-0.1, -0.05) is 215 Å². The van der Waals surface area contributed by atoms with E-state index in [2.05, 4.69) is 263 Å². The number of fused-ring (bicyclic) bond motifs is 3. The highest BCUT2D eigenvalue weighted by atomic mass is 15.2. The molecule has 1 aliphatic heterocycles. The van der Waals surface area contributed by atoms with Gasteiger partial charge >= 0.3 is 0 Å². The van der Waals surface area contributed by atoms with Crippen LogP contribution in [0.5, 0.6) is 0 Å². The molecule has 0 radical (unpaired) electrons. The van der Waals surface area contributed by atoms with Gasteiger partial charge < -0.3 is 9.80 Å². The molecule has 360 valence electrons. The molecule has 3 unspecified atom stereocenters. The smallest absolute Gasteiger partial charge is 0.0556 e. The molecule has 0 N–H and O–H groups in total. The van der Waals surface area contributed by atoms with Crippen LogP contribution in [0.1, 0.15) is 102 Å². The van der Waals surface area contributed by atoms with Gasteiger partial charge in [-0.2, -0.15) is 0 Å². The van der Waals surface area contributed by atoms with E-state index < -0.39 is 0 Å². The second-order valence-corrected chi connectivity index (χ2v) is 22.9. The maximum atomic E-state index is 2.84. The van der Waals surface area contributed by atoms with Gasteiger partial charge in [0.15, 0.2) is 0 Å². The Hall–Kier alpha value is -7.94. The van der Waals surface area contributed by atoms with Gasteiger partial charge in [0.1, 0.15) is 0 Å². The lowest BCUT2D eigenvalue weighted by Crippen LogP contribution is -2.31. The maximum absolute atomic E-state index is 2.84. The second-order valence-electron chi connectivity index (χ2n) is 22.9. The molecule has 8 aromatic carbocycles. The average Bonchev–Trinajstić information content (AvgIpc) is 4.28. The zero-order chi connectivity index (χ0) is 49.9. The molecule has 5 aliphatic carbocycles. The Morgan fingerprint density at radius 1 is 0.595 bits per heavy atom. The van der Waals surface area contributed by atoms with E-state index in [1.807, 2.05) is 0 Å². The fraction of sp³-hybridized carbons (Fsp3) is 0.194. The molecule has 2 heteroatoms. The van der Waals surface area contributed by atoms with Crippen LogP contribution in [-0.2, 0) is 17.3 Å². The van der Waals surface area contributed by atoms with Crippen molar-refractivity contribution in [2.45, 2.75) is 83.1 Å². The van der Waals surface area contributed by atoms with Crippen LogP contribution in [0.15, 0.2) is 212 Å². The van der Waals surface area contributed by atoms with Crippen LogP contribution in [0, 0.1) is 19.8 Å². The summed E-state index contributed by atoms with van der Waals surface area (Å²) in [7, 11) is 0. The normalized spacial score (nSPS) is 20.9. The van der Waals surface area contributed by atoms with E-state index >= 15 is 0 Å². The van der Waals surface area contributed by atoms with Gasteiger partial charge in [-0.3, -0.25) is 0 Å². The van der Waals surface area contributed by atoms with Crippen LogP contribution in [0.25, 0.3) is 50.4 Å². The quantitative estimate of drug-likeness (QED) is 0.164. The summed E-state index contributed by atoms with van der Waals surface area (Å²) in [6.07, 6.45) is 27.8. The number of rotatable bonds is 6. The first-order chi connectivity index (χ1) is 36.1. The zero-order valence-electron chi connectivity index (χ0n) is 43.2. The van der Waals surface area contributed by atoms with E-state index in [4.69, 9.17) is 0 Å². The molecular weight excluding hydrogens is 893 g/mol. The Kier molecular flexibility index (Phi) is 10.3. The molecule has 6 aliphatic rings. The predicted octanol–water partition coefficient (Wildman–Crippen LogP) is 18.6. The van der Waals surface area contributed by atoms with E-state index in [1.165, 1.54) is 123 Å². The molecule has 1 saturated carbocycles. The molecule has 1 spiro atoms. The Labute approximate surface area is 437 Å². The fourth-order valence-corrected chi connectivity index (χ4v) is 13.4. The second kappa shape index (κ2) is 17.1. The molecule has 4 atom stereocenters. The number of benzene rings is 8. The minimum Gasteiger partial charge on any atom is -0.336 e. The van der Waals surface area contributed by atoms with Crippen LogP contribution in [-0.4, -0.2) is 6.04 Å². The molecule has 0 aromatic heterocycles. The standard InChI is InChI=1S/C72H62N2/c1-46-26-28-52(48-18-10-6-11-19-48)41-63(46)73-65-43-54(50-22-14-8-15-23-50)30-32-56(65)38-57-33-31-55(51-24-16-9-17-25-51)44-66(57)74(64-42-53(29-27-47(64)2)49-20-12-7-13-21-49)70-62-45-67(73)61-35-34-58-39-60(71(3,4)5)40-59-36-37-72(62,70)69(61)68(58)59/h6-12,14-20,22,24-37,39-45,50,62,70H,13,21,23,38H2,1-5H3/t50?,62-,70?,72?/m0/s1. The van der Waals surface area contributed by atoms with Crippen molar-refractivity contribution >= 4 is 50.9 Å². The lowest BCUT2D eigenvalue weighted by Gasteiger charge is -2.38. The third-order valence-corrected chi connectivity index (χ3v) is 17.4. The predicted molar refractivity (Wildman–Crippen MR) is 314 cm³/mol. The highest BCUT2D eigenvalue weighted by Crippen LogP contribution is 2.69. The van der Waals surface area contributed by atoms with Gasteiger partial charge in [0.2, 0.25) is 0 Å². The summed E-state index contributed by atoms with van der Waals surface area (Å²) < 4.78 is 0. The van der Waals surface area contributed by atoms with Gasteiger partial charge in [-0.25, -0.2) is 0 Å². The number of anilines is 4. The molecular formula is C72H62N2. The van der Waals surface area contributed by atoms with Crippen LogP contribution >= 0.6 is 0 Å². The number of hydrogen-bond donors (Lipinski definition) is 0. The summed E-state index contributed by atoms with van der Waals surface area (Å²) in [6, 6.07) is 61.3. The fourth-order valence-electron chi connectivity index (χ4n) is 13.4. The van der Waals surface area contributed by atoms with Gasteiger partial charge in [0.05, 0.1) is 11.7 Å². The first kappa shape index (κ1) is 44.7. The Morgan fingerprint density at radius 2 is 1.30 bits per heavy atom. The van der Waals surface area contributed by atoms with E-state index in [9.17, 15) is 0 Å². The lowest BCUT2D eigenvalue weighted by molar-refractivity contribution is 0.591. The van der Waals surface area contributed by atoms with E-state index in [0.29, 0.717) is 0 Å². The summed E-state index contributed by atoms with van der Waals surface area (Å²) >= 11 is 0. The van der Waals surface area contributed by atoms with Crippen LogP contribution in [0.3, 0.4) is 0 Å². The summed E-state index contributed by atoms with van der Waals surface area (Å²) in [6.45, 7) is 11.7. The average molecular weight is 955 g/mol. The molecule has 2 bridgehead atoms. The third-order valence-electron chi connectivity index (χ3n) is 17.4. The molecule has 1 fully saturated rings. The van der Waals surface area contributed by atoms with Crippen LogP contribution in [0.2, 0.25) is 0 Å². The van der Waals surface area contributed by atoms with Crippen LogP contribution < -0.4 is 9.80 Å². The molecule has 0 saturated heterocycles. The van der Waals surface area contributed by atoms with Crippen molar-refractivity contribution in [3.05, 3.63) is 268 Å². The van der Waals surface area contributed by atoms with Gasteiger partial charge in [-0.05, 0) is 151 Å². The maximum Gasteiger partial charge on any atom is 0.0556 e. The van der Waals surface area contributed by atoms with Crippen molar-refractivity contribution in [2.24, 2.45) is 5.92 Å². The minimum atomic E-state index is -0.292. The van der Waals surface area contributed by atoms with Crippen molar-refractivity contribution in [3.8, 4) is 22.3 Å². The van der Waals surface area contributed by atoms with Gasteiger partial charge in [0, 0.05) is 52.0 Å². The number of nitrogens with zero attached hydrogens (tertiary/aromatic N) is 2. The molecule has 8 aromatic rings. The monoisotopic (exact) mass is 954 g/mol. The zero-order valence-corrected chi connectivity index (χ0v) is 43.2. The Balaban J connectivity index is 1.11. The van der Waals surface area contributed by atoms with E-state index in [1.54, 1.807) is 0 Å². The van der Waals surface area contributed by atoms with Crippen molar-refractivity contribution in [2.75, 3.05) is 9.80 Å². The number of allylic oxidation sites excluding steroid dienone is 8. The topological polar surface area (TPSA) is 6.48 Å². The Morgan fingerprint density at radius 3 is 2.03 bits per heavy atom. The highest BCUT2D eigenvalue weighted by Gasteiger charge is 2.70. The van der Waals surface area contributed by atoms with Crippen molar-refractivity contribution in [1.82, 2.24) is 0 Å². The van der Waals surface area contributed by atoms with Gasteiger partial charge in [-0.15, -0.1) is 0 Å². The van der Waals surface area contributed by atoms with Crippen molar-refractivity contribution < 1.29 is 0 Å². The Bertz CT molecular complexity index is 3810. The molecule has 74 heavy (non-hydrogen) atoms. The van der Waals surface area contributed by atoms with Crippen molar-refractivity contribution in [3.63, 3.8) is 0 Å². The molecule has 1 heterocycles. The highest BCUT2D eigenvalue weighted by molar-refractivity contribution is 6.06. The number of aryl methyl sites for hydroxylation is 2. The molecule has 2 nitrogen and oxygen atoms in total. The summed E-state index contributed by atoms with van der Waals surface area (Å²) in [4.78, 5) is 5.56. The molecule has 14 rings (SSSR count). The summed E-state index contributed by atoms with van der Waals surface area (Å²) in [5.74, 6) is 0.447.